The van der Waals surface area contributed by atoms with Crippen molar-refractivity contribution in [2.45, 2.75) is 96.8 Å². The van der Waals surface area contributed by atoms with Crippen LogP contribution in [0.1, 0.15) is 96.8 Å². The molecule has 0 saturated carbocycles. The van der Waals surface area contributed by atoms with Crippen LogP contribution in [0.4, 0.5) is 0 Å². The van der Waals surface area contributed by atoms with Crippen LogP contribution in [0.25, 0.3) is 0 Å². The van der Waals surface area contributed by atoms with Crippen LogP contribution in [0.5, 0.6) is 0 Å². The number of aliphatic hydroxyl groups is 2. The Morgan fingerprint density at radius 1 is 0.750 bits per heavy atom. The van der Waals surface area contributed by atoms with Crippen LogP contribution in [0, 0.1) is 0 Å². The van der Waals surface area contributed by atoms with Crippen molar-refractivity contribution in [3.05, 3.63) is 12.2 Å². The first-order chi connectivity index (χ1) is 13.6. The van der Waals surface area contributed by atoms with Gasteiger partial charge in [0.2, 0.25) is 0 Å². The second-order valence-electron chi connectivity index (χ2n) is 7.48. The predicted molar refractivity (Wildman–Crippen MR) is 119 cm³/mol. The number of hydrogen-bond acceptors (Lipinski definition) is 4. The van der Waals surface area contributed by atoms with E-state index in [-0.39, 0.29) is 13.2 Å². The fraction of sp³-hybridized carbons (Fsp3) is 0.870. The van der Waals surface area contributed by atoms with Crippen molar-refractivity contribution in [3.8, 4) is 0 Å². The maximum absolute atomic E-state index is 10.3. The van der Waals surface area contributed by atoms with Gasteiger partial charge in [-0.25, -0.2) is 0 Å². The van der Waals surface area contributed by atoms with Gasteiger partial charge in [0.05, 0.1) is 13.2 Å². The zero-order valence-electron chi connectivity index (χ0n) is 18.6. The molecule has 0 bridgehead atoms. The summed E-state index contributed by atoms with van der Waals surface area (Å²) in [7, 11) is 1.85. The minimum absolute atomic E-state index is 0.163. The number of likely N-dealkylation sites (N-methyl/N-ethyl adjacent to an activating group) is 1. The summed E-state index contributed by atoms with van der Waals surface area (Å²) in [5.41, 5.74) is 0. The largest absolute Gasteiger partial charge is 0.481 e. The minimum atomic E-state index is -0.664. The summed E-state index contributed by atoms with van der Waals surface area (Å²) in [5, 5.41) is 25.2. The van der Waals surface area contributed by atoms with Crippen molar-refractivity contribution in [2.75, 3.05) is 33.4 Å². The number of aliphatic carboxylic acids is 1. The summed E-state index contributed by atoms with van der Waals surface area (Å²) in [6.07, 6.45) is 21.2. The Kier molecular flexibility index (Phi) is 27.3. The van der Waals surface area contributed by atoms with Crippen molar-refractivity contribution in [3.63, 3.8) is 0 Å². The monoisotopic (exact) mass is 401 g/mol. The molecular weight excluding hydrogens is 354 g/mol. The summed E-state index contributed by atoms with van der Waals surface area (Å²) in [6.45, 7) is 3.86. The highest BCUT2D eigenvalue weighted by molar-refractivity contribution is 5.66. The first kappa shape index (κ1) is 29.3. The molecule has 5 heteroatoms. The van der Waals surface area contributed by atoms with E-state index in [1.807, 2.05) is 11.9 Å². The van der Waals surface area contributed by atoms with Crippen molar-refractivity contribution in [2.24, 2.45) is 0 Å². The summed E-state index contributed by atoms with van der Waals surface area (Å²) in [6, 6.07) is 0. The van der Waals surface area contributed by atoms with Gasteiger partial charge in [-0.2, -0.15) is 0 Å². The Morgan fingerprint density at radius 3 is 1.61 bits per heavy atom. The predicted octanol–water partition coefficient (Wildman–Crippen LogP) is 5.01. The van der Waals surface area contributed by atoms with E-state index in [9.17, 15) is 4.79 Å². The molecule has 0 amide bonds. The molecule has 3 N–H and O–H groups in total. The summed E-state index contributed by atoms with van der Waals surface area (Å²) < 4.78 is 0. The molecule has 0 fully saturated rings. The highest BCUT2D eigenvalue weighted by atomic mass is 16.4. The highest BCUT2D eigenvalue weighted by Gasteiger charge is 1.96. The number of aliphatic hydroxyl groups excluding tert-OH is 2. The SMILES string of the molecule is CCCCCCCC/C=C\CCCCCCCC(=O)O.CN(CCO)CCO. The molecule has 0 unspecified atom stereocenters. The van der Waals surface area contributed by atoms with Gasteiger partial charge in [0.1, 0.15) is 0 Å². The lowest BCUT2D eigenvalue weighted by molar-refractivity contribution is -0.137. The molecule has 0 aromatic heterocycles. The van der Waals surface area contributed by atoms with Crippen LogP contribution in [0.15, 0.2) is 12.2 Å². The molecule has 0 spiro atoms. The van der Waals surface area contributed by atoms with Gasteiger partial charge < -0.3 is 20.2 Å². The highest BCUT2D eigenvalue weighted by Crippen LogP contribution is 2.09. The second kappa shape index (κ2) is 26.1. The normalized spacial score (nSPS) is 11.0. The molecule has 0 atom stereocenters. The third-order valence-electron chi connectivity index (χ3n) is 4.62. The minimum Gasteiger partial charge on any atom is -0.481 e. The van der Waals surface area contributed by atoms with Gasteiger partial charge in [0.15, 0.2) is 0 Å². The first-order valence-corrected chi connectivity index (χ1v) is 11.4. The maximum Gasteiger partial charge on any atom is 0.303 e. The van der Waals surface area contributed by atoms with Gasteiger partial charge in [0.25, 0.3) is 0 Å². The Hall–Kier alpha value is -0.910. The van der Waals surface area contributed by atoms with Gasteiger partial charge in [-0.1, -0.05) is 70.4 Å². The number of nitrogens with zero attached hydrogens (tertiary/aromatic N) is 1. The molecule has 0 saturated heterocycles. The van der Waals surface area contributed by atoms with Crippen LogP contribution in [0.2, 0.25) is 0 Å². The van der Waals surface area contributed by atoms with E-state index in [0.29, 0.717) is 19.5 Å². The number of carbonyl (C=O) groups is 1. The van der Waals surface area contributed by atoms with Crippen LogP contribution in [-0.4, -0.2) is 59.5 Å². The lowest BCUT2D eigenvalue weighted by Gasteiger charge is -2.11. The molecule has 0 radical (unpaired) electrons. The van der Waals surface area contributed by atoms with Gasteiger partial charge in [-0.05, 0) is 39.2 Å². The van der Waals surface area contributed by atoms with E-state index in [0.717, 1.165) is 12.8 Å². The van der Waals surface area contributed by atoms with E-state index >= 15 is 0 Å². The average molecular weight is 402 g/mol. The first-order valence-electron chi connectivity index (χ1n) is 11.4. The number of carboxylic acid groups (broad SMARTS) is 1. The Bertz CT molecular complexity index is 329. The van der Waals surface area contributed by atoms with E-state index < -0.39 is 5.97 Å². The van der Waals surface area contributed by atoms with Crippen LogP contribution < -0.4 is 0 Å². The van der Waals surface area contributed by atoms with E-state index in [1.165, 1.54) is 70.6 Å². The fourth-order valence-electron chi connectivity index (χ4n) is 2.80. The molecule has 28 heavy (non-hydrogen) atoms. The topological polar surface area (TPSA) is 81.0 Å². The number of allylic oxidation sites excluding steroid dienone is 2. The van der Waals surface area contributed by atoms with Crippen LogP contribution in [-0.2, 0) is 4.79 Å². The molecule has 168 valence electrons. The van der Waals surface area contributed by atoms with Gasteiger partial charge >= 0.3 is 5.97 Å². The number of carboxylic acids is 1. The molecule has 0 rings (SSSR count). The molecule has 0 aromatic rings. The summed E-state index contributed by atoms with van der Waals surface area (Å²) >= 11 is 0. The third-order valence-corrected chi connectivity index (χ3v) is 4.62. The summed E-state index contributed by atoms with van der Waals surface area (Å²) in [4.78, 5) is 12.2. The quantitative estimate of drug-likeness (QED) is 0.209. The lowest BCUT2D eigenvalue weighted by atomic mass is 10.1. The van der Waals surface area contributed by atoms with Gasteiger partial charge in [0, 0.05) is 19.5 Å². The lowest BCUT2D eigenvalue weighted by Crippen LogP contribution is -2.25. The molecule has 0 aromatic carbocycles. The molecule has 0 aliphatic heterocycles. The zero-order valence-corrected chi connectivity index (χ0v) is 18.6. The summed E-state index contributed by atoms with van der Waals surface area (Å²) in [5.74, 6) is -0.664. The second-order valence-corrected chi connectivity index (χ2v) is 7.48. The molecule has 0 aliphatic rings. The van der Waals surface area contributed by atoms with E-state index in [4.69, 9.17) is 15.3 Å². The molecule has 0 aliphatic carbocycles. The number of unbranched alkanes of at least 4 members (excludes halogenated alkanes) is 11. The Morgan fingerprint density at radius 2 is 1.18 bits per heavy atom. The van der Waals surface area contributed by atoms with Gasteiger partial charge in [-0.15, -0.1) is 0 Å². The van der Waals surface area contributed by atoms with E-state index in [2.05, 4.69) is 19.1 Å². The maximum atomic E-state index is 10.3. The number of rotatable bonds is 19. The van der Waals surface area contributed by atoms with Crippen molar-refractivity contribution < 1.29 is 20.1 Å². The van der Waals surface area contributed by atoms with Crippen molar-refractivity contribution in [1.82, 2.24) is 4.90 Å². The van der Waals surface area contributed by atoms with Crippen molar-refractivity contribution in [1.29, 1.82) is 0 Å². The third kappa shape index (κ3) is 29.8. The Labute approximate surface area is 173 Å². The van der Waals surface area contributed by atoms with Crippen LogP contribution >= 0.6 is 0 Å². The zero-order chi connectivity index (χ0) is 21.3. The molecular formula is C23H47NO4. The van der Waals surface area contributed by atoms with E-state index in [1.54, 1.807) is 0 Å². The standard InChI is InChI=1S/C18H34O2.C5H13NO2/c1-2-3-4-5-6-7-8-9-10-11-12-13-14-15-16-17-18(19)20;1-6(2-4-7)3-5-8/h9-10H,2-8,11-17H2,1H3,(H,19,20);7-8H,2-5H2,1H3/b10-9-;. The smallest absolute Gasteiger partial charge is 0.303 e. The average Bonchev–Trinajstić information content (AvgIpc) is 2.65. The van der Waals surface area contributed by atoms with Gasteiger partial charge in [-0.3, -0.25) is 4.79 Å². The molecule has 5 nitrogen and oxygen atoms in total. The number of hydrogen-bond donors (Lipinski definition) is 3. The van der Waals surface area contributed by atoms with Crippen LogP contribution in [0.3, 0.4) is 0 Å². The fourth-order valence-corrected chi connectivity index (χ4v) is 2.80. The Balaban J connectivity index is 0. The van der Waals surface area contributed by atoms with Crippen molar-refractivity contribution >= 4 is 5.97 Å². The molecule has 0 heterocycles.